The number of nitrogens with two attached hydrogens (primary N) is 1. The molecule has 0 saturated carbocycles. The van der Waals surface area contributed by atoms with Gasteiger partial charge in [0.2, 0.25) is 0 Å². The Morgan fingerprint density at radius 1 is 0.655 bits per heavy atom. The molecule has 4 atom stereocenters. The van der Waals surface area contributed by atoms with Crippen molar-refractivity contribution in [2.24, 2.45) is 5.73 Å². The van der Waals surface area contributed by atoms with Crippen LogP contribution in [0.1, 0.15) is 162 Å². The molecule has 12 nitrogen and oxygen atoms in total. The summed E-state index contributed by atoms with van der Waals surface area (Å²) in [6.45, 7) is 2.62. The van der Waals surface area contributed by atoms with E-state index in [1.807, 2.05) is 36.5 Å². The molecule has 0 aromatic carbocycles. The number of aliphatic hydroxyl groups is 1. The second kappa shape index (κ2) is 37.0. The van der Waals surface area contributed by atoms with Crippen molar-refractivity contribution in [1.29, 1.82) is 0 Å². The molecule has 0 spiro atoms. The van der Waals surface area contributed by atoms with Gasteiger partial charge in [-0.15, -0.1) is 0 Å². The maximum absolute atomic E-state index is 12.6. The number of ether oxygens (including phenoxy) is 2. The fourth-order valence-electron chi connectivity index (χ4n) is 5.32. The number of hydrogen-bond donors (Lipinski definition) is 4. The van der Waals surface area contributed by atoms with Crippen LogP contribution in [-0.4, -0.2) is 71.1 Å². The minimum absolute atomic E-state index is 0.114. The normalized spacial score (nSPS) is 14.9. The minimum atomic E-state index is -4.74. The first-order chi connectivity index (χ1) is 26.5. The molecule has 318 valence electrons. The summed E-state index contributed by atoms with van der Waals surface area (Å²) in [4.78, 5) is 45.8. The fourth-order valence-corrected chi connectivity index (χ4v) is 6.10. The standard InChI is InChI=1S/C42H74NO11P/c1-3-5-7-9-11-12-13-14-15-16-21-25-29-33-41(46)54-38(35-52-55(49,50)53-36-39(43)42(47)48)34-51-40(45)32-28-24-20-18-17-19-23-27-31-37(44)30-26-22-10-8-6-4-2/h18-20,22-23,26-27,31,37-39,44H,3-17,21,24-25,28-30,32-36,43H2,1-2H3,(H,47,48)(H,49,50)/b20-18-,23-19-,26-22-,31-27+/t37-,38-,39+/m1/s1. The van der Waals surface area contributed by atoms with Gasteiger partial charge in [0.05, 0.1) is 19.3 Å². The number of phosphoric acid groups is 1. The van der Waals surface area contributed by atoms with Crippen molar-refractivity contribution in [3.05, 3.63) is 48.6 Å². The summed E-state index contributed by atoms with van der Waals surface area (Å²) in [6.07, 6.45) is 36.4. The maximum Gasteiger partial charge on any atom is 0.472 e. The van der Waals surface area contributed by atoms with Gasteiger partial charge in [-0.1, -0.05) is 152 Å². The molecule has 5 N–H and O–H groups in total. The van der Waals surface area contributed by atoms with Gasteiger partial charge < -0.3 is 30.3 Å². The first kappa shape index (κ1) is 52.4. The molecule has 0 aliphatic rings. The maximum atomic E-state index is 12.6. The van der Waals surface area contributed by atoms with Crippen LogP contribution in [0.25, 0.3) is 0 Å². The summed E-state index contributed by atoms with van der Waals surface area (Å²) >= 11 is 0. The van der Waals surface area contributed by atoms with Crippen molar-refractivity contribution in [2.45, 2.75) is 180 Å². The lowest BCUT2D eigenvalue weighted by Gasteiger charge is -2.20. The van der Waals surface area contributed by atoms with Gasteiger partial charge in [0.1, 0.15) is 12.6 Å². The molecule has 0 aliphatic carbocycles. The Hall–Kier alpha value is -2.60. The van der Waals surface area contributed by atoms with E-state index in [0.29, 0.717) is 32.1 Å². The number of carboxylic acid groups (broad SMARTS) is 1. The van der Waals surface area contributed by atoms with Crippen molar-refractivity contribution < 1.29 is 52.6 Å². The third-order valence-corrected chi connectivity index (χ3v) is 9.61. The number of carboxylic acids is 1. The predicted molar refractivity (Wildman–Crippen MR) is 218 cm³/mol. The molecule has 0 amide bonds. The van der Waals surface area contributed by atoms with Crippen LogP contribution in [0.2, 0.25) is 0 Å². The quantitative estimate of drug-likeness (QED) is 0.0152. The molecular formula is C42H74NO11P. The van der Waals surface area contributed by atoms with Crippen LogP contribution in [0.5, 0.6) is 0 Å². The molecule has 0 rings (SSSR count). The Morgan fingerprint density at radius 3 is 1.84 bits per heavy atom. The van der Waals surface area contributed by atoms with Crippen molar-refractivity contribution in [3.63, 3.8) is 0 Å². The van der Waals surface area contributed by atoms with Crippen LogP contribution < -0.4 is 5.73 Å². The second-order valence-corrected chi connectivity index (χ2v) is 15.4. The topological polar surface area (TPSA) is 192 Å². The Kier molecular flexibility index (Phi) is 35.3. The third kappa shape index (κ3) is 36.8. The molecule has 0 heterocycles. The van der Waals surface area contributed by atoms with Gasteiger partial charge in [-0.3, -0.25) is 23.4 Å². The SMILES string of the molecule is CCCCC/C=C\C[C@@H](O)/C=C/C=C\C/C=C\CCCC(=O)OC[C@H](COP(=O)(O)OC[C@H](N)C(=O)O)OC(=O)CCCCCCCCCCCCCCC. The molecule has 55 heavy (non-hydrogen) atoms. The number of carbonyl (C=O) groups is 3. The number of hydrogen-bond acceptors (Lipinski definition) is 10. The number of allylic oxidation sites excluding steroid dienone is 6. The smallest absolute Gasteiger partial charge is 0.472 e. The monoisotopic (exact) mass is 799 g/mol. The molecule has 13 heteroatoms. The van der Waals surface area contributed by atoms with Gasteiger partial charge >= 0.3 is 25.7 Å². The van der Waals surface area contributed by atoms with Crippen LogP contribution >= 0.6 is 7.82 Å². The highest BCUT2D eigenvalue weighted by atomic mass is 31.2. The zero-order valence-electron chi connectivity index (χ0n) is 33.9. The highest BCUT2D eigenvalue weighted by Crippen LogP contribution is 2.43. The van der Waals surface area contributed by atoms with Gasteiger partial charge in [-0.2, -0.15) is 0 Å². The van der Waals surface area contributed by atoms with E-state index in [1.54, 1.807) is 6.08 Å². The number of rotatable bonds is 38. The Bertz CT molecular complexity index is 1140. The largest absolute Gasteiger partial charge is 0.480 e. The molecular weight excluding hydrogens is 725 g/mol. The van der Waals surface area contributed by atoms with Crippen LogP contribution in [0.3, 0.4) is 0 Å². The number of aliphatic hydroxyl groups excluding tert-OH is 1. The zero-order valence-corrected chi connectivity index (χ0v) is 34.8. The number of unbranched alkanes of at least 4 members (excludes halogenated alkanes) is 16. The van der Waals surface area contributed by atoms with E-state index in [9.17, 15) is 28.9 Å². The molecule has 0 fully saturated rings. The molecule has 0 radical (unpaired) electrons. The zero-order chi connectivity index (χ0) is 40.8. The van der Waals surface area contributed by atoms with E-state index in [4.69, 9.17) is 24.8 Å². The highest BCUT2D eigenvalue weighted by molar-refractivity contribution is 7.47. The van der Waals surface area contributed by atoms with Gasteiger partial charge in [0, 0.05) is 12.8 Å². The van der Waals surface area contributed by atoms with Crippen LogP contribution in [0.15, 0.2) is 48.6 Å². The molecule has 0 aromatic heterocycles. The predicted octanol–water partition coefficient (Wildman–Crippen LogP) is 9.58. The molecule has 1 unspecified atom stereocenters. The van der Waals surface area contributed by atoms with Crippen molar-refractivity contribution in [2.75, 3.05) is 19.8 Å². The summed E-state index contributed by atoms with van der Waals surface area (Å²) < 4.78 is 32.5. The van der Waals surface area contributed by atoms with Gasteiger partial charge in [0.15, 0.2) is 6.10 Å². The highest BCUT2D eigenvalue weighted by Gasteiger charge is 2.28. The Labute approximate surface area is 331 Å². The Balaban J connectivity index is 4.55. The number of esters is 2. The van der Waals surface area contributed by atoms with Crippen LogP contribution in [0.4, 0.5) is 0 Å². The van der Waals surface area contributed by atoms with Gasteiger partial charge in [-0.25, -0.2) is 4.57 Å². The summed E-state index contributed by atoms with van der Waals surface area (Å²) in [7, 11) is -4.74. The van der Waals surface area contributed by atoms with E-state index in [0.717, 1.165) is 25.7 Å². The average Bonchev–Trinajstić information content (AvgIpc) is 3.15. The average molecular weight is 800 g/mol. The fraction of sp³-hybridized carbons (Fsp3) is 0.738. The van der Waals surface area contributed by atoms with E-state index in [-0.39, 0.29) is 12.8 Å². The molecule has 0 aliphatic heterocycles. The van der Waals surface area contributed by atoms with E-state index in [1.165, 1.54) is 77.0 Å². The van der Waals surface area contributed by atoms with Crippen molar-refractivity contribution >= 4 is 25.7 Å². The summed E-state index contributed by atoms with van der Waals surface area (Å²) in [6, 6.07) is -1.54. The van der Waals surface area contributed by atoms with E-state index >= 15 is 0 Å². The van der Waals surface area contributed by atoms with Gasteiger partial charge in [-0.05, 0) is 44.9 Å². The minimum Gasteiger partial charge on any atom is -0.480 e. The van der Waals surface area contributed by atoms with E-state index in [2.05, 4.69) is 24.4 Å². The second-order valence-electron chi connectivity index (χ2n) is 14.0. The first-order valence-electron chi connectivity index (χ1n) is 20.8. The molecule has 0 saturated heterocycles. The van der Waals surface area contributed by atoms with Crippen LogP contribution in [-0.2, 0) is 37.5 Å². The van der Waals surface area contributed by atoms with E-state index < -0.39 is 63.8 Å². The van der Waals surface area contributed by atoms with Gasteiger partial charge in [0.25, 0.3) is 0 Å². The van der Waals surface area contributed by atoms with Crippen molar-refractivity contribution in [3.8, 4) is 0 Å². The lowest BCUT2D eigenvalue weighted by Crippen LogP contribution is -2.34. The summed E-state index contributed by atoms with van der Waals surface area (Å²) in [5, 5.41) is 18.9. The first-order valence-corrected chi connectivity index (χ1v) is 22.3. The number of phosphoric ester groups is 1. The van der Waals surface area contributed by atoms with Crippen molar-refractivity contribution in [1.82, 2.24) is 0 Å². The number of carbonyl (C=O) groups excluding carboxylic acids is 2. The molecule has 0 bridgehead atoms. The summed E-state index contributed by atoms with van der Waals surface area (Å²) in [5.41, 5.74) is 5.32. The lowest BCUT2D eigenvalue weighted by molar-refractivity contribution is -0.161. The Morgan fingerprint density at radius 2 is 1.20 bits per heavy atom. The van der Waals surface area contributed by atoms with Crippen LogP contribution in [0, 0.1) is 0 Å². The molecule has 0 aromatic rings. The third-order valence-electron chi connectivity index (χ3n) is 8.66. The lowest BCUT2D eigenvalue weighted by atomic mass is 10.0. The number of aliphatic carboxylic acids is 1. The summed E-state index contributed by atoms with van der Waals surface area (Å²) in [5.74, 6) is -2.50.